The number of halogens is 2. The van der Waals surface area contributed by atoms with Crippen LogP contribution in [0, 0.1) is 11.6 Å². The number of ether oxygens (including phenoxy) is 1. The summed E-state index contributed by atoms with van der Waals surface area (Å²) in [5, 5.41) is 12.8. The predicted molar refractivity (Wildman–Crippen MR) is 138 cm³/mol. The third-order valence-electron chi connectivity index (χ3n) is 5.69. The molecule has 0 amide bonds. The number of pyridine rings is 1. The SMILES string of the molecule is CCOc1ccccc1-c1ccc(-c2nc3ccc(F)cc3c(N[C@H](C)C(=O)O)c2C=NC)cc1F. The van der Waals surface area contributed by atoms with Crippen LogP contribution in [-0.2, 0) is 4.79 Å². The Balaban J connectivity index is 1.93. The first-order valence-corrected chi connectivity index (χ1v) is 11.4. The summed E-state index contributed by atoms with van der Waals surface area (Å²) < 4.78 is 35.3. The Hall–Kier alpha value is -4.33. The number of para-hydroxylation sites is 1. The van der Waals surface area contributed by atoms with Gasteiger partial charge < -0.3 is 15.2 Å². The van der Waals surface area contributed by atoms with Gasteiger partial charge in [0.05, 0.1) is 23.5 Å². The molecule has 0 saturated carbocycles. The lowest BCUT2D eigenvalue weighted by atomic mass is 9.97. The molecule has 0 saturated heterocycles. The average molecular weight is 490 g/mol. The van der Waals surface area contributed by atoms with Crippen molar-refractivity contribution in [1.29, 1.82) is 0 Å². The van der Waals surface area contributed by atoms with E-state index in [4.69, 9.17) is 4.74 Å². The largest absolute Gasteiger partial charge is 0.493 e. The maximum atomic E-state index is 15.5. The number of aromatic nitrogens is 1. The van der Waals surface area contributed by atoms with Crippen LogP contribution in [0.15, 0.2) is 65.7 Å². The van der Waals surface area contributed by atoms with Crippen LogP contribution >= 0.6 is 0 Å². The van der Waals surface area contributed by atoms with E-state index in [0.29, 0.717) is 56.9 Å². The second kappa shape index (κ2) is 10.5. The van der Waals surface area contributed by atoms with Crippen molar-refractivity contribution < 1.29 is 23.4 Å². The molecule has 4 rings (SSSR count). The normalized spacial score (nSPS) is 12.1. The Kier molecular flexibility index (Phi) is 7.24. The van der Waals surface area contributed by atoms with E-state index in [1.807, 2.05) is 19.1 Å². The molecule has 0 spiro atoms. The number of fused-ring (bicyclic) bond motifs is 1. The molecule has 0 aliphatic carbocycles. The third kappa shape index (κ3) is 4.88. The summed E-state index contributed by atoms with van der Waals surface area (Å²) in [4.78, 5) is 20.3. The minimum atomic E-state index is -1.08. The number of aliphatic imine (C=N–C) groups is 1. The zero-order valence-corrected chi connectivity index (χ0v) is 20.0. The molecule has 1 aromatic heterocycles. The van der Waals surface area contributed by atoms with Gasteiger partial charge in [0.2, 0.25) is 0 Å². The monoisotopic (exact) mass is 489 g/mol. The summed E-state index contributed by atoms with van der Waals surface area (Å²) in [6, 6.07) is 15.0. The van der Waals surface area contributed by atoms with Crippen molar-refractivity contribution >= 4 is 28.8 Å². The quantitative estimate of drug-likeness (QED) is 0.289. The highest BCUT2D eigenvalue weighted by atomic mass is 19.1. The Morgan fingerprint density at radius 3 is 2.61 bits per heavy atom. The number of hydrogen-bond acceptors (Lipinski definition) is 5. The molecular weight excluding hydrogens is 464 g/mol. The van der Waals surface area contributed by atoms with Gasteiger partial charge in [0, 0.05) is 40.9 Å². The van der Waals surface area contributed by atoms with Gasteiger partial charge >= 0.3 is 5.97 Å². The minimum absolute atomic E-state index is 0.348. The molecule has 0 fully saturated rings. The summed E-state index contributed by atoms with van der Waals surface area (Å²) in [6.45, 7) is 3.79. The van der Waals surface area contributed by atoms with Gasteiger partial charge in [0.1, 0.15) is 23.4 Å². The molecule has 4 aromatic rings. The van der Waals surface area contributed by atoms with Crippen molar-refractivity contribution in [3.8, 4) is 28.1 Å². The fraction of sp³-hybridized carbons (Fsp3) is 0.179. The molecule has 6 nitrogen and oxygen atoms in total. The molecule has 184 valence electrons. The van der Waals surface area contributed by atoms with Crippen molar-refractivity contribution in [2.24, 2.45) is 4.99 Å². The van der Waals surface area contributed by atoms with Crippen LogP contribution < -0.4 is 10.1 Å². The van der Waals surface area contributed by atoms with Gasteiger partial charge in [-0.3, -0.25) is 9.79 Å². The number of nitrogens with zero attached hydrogens (tertiary/aromatic N) is 2. The highest BCUT2D eigenvalue weighted by molar-refractivity contribution is 6.07. The molecule has 3 aromatic carbocycles. The standard InChI is InChI=1S/C28H25F2N3O3/c1-4-36-25-8-6-5-7-20(25)19-11-9-17(13-23(19)30)26-22(15-31-3)27(32-16(2)28(34)35)21-14-18(29)10-12-24(21)33-26/h5-16H,4H2,1-3H3,(H,32,33)(H,34,35)/t16-/m1/s1. The first-order chi connectivity index (χ1) is 17.3. The number of carboxylic acid groups (broad SMARTS) is 1. The van der Waals surface area contributed by atoms with Crippen molar-refractivity contribution in [1.82, 2.24) is 4.98 Å². The molecule has 0 unspecified atom stereocenters. The molecule has 0 radical (unpaired) electrons. The third-order valence-corrected chi connectivity index (χ3v) is 5.69. The lowest BCUT2D eigenvalue weighted by molar-refractivity contribution is -0.137. The summed E-state index contributed by atoms with van der Waals surface area (Å²) in [5.74, 6) is -1.48. The predicted octanol–water partition coefficient (Wildman–Crippen LogP) is 6.18. The van der Waals surface area contributed by atoms with E-state index in [-0.39, 0.29) is 0 Å². The van der Waals surface area contributed by atoms with Crippen molar-refractivity contribution in [2.75, 3.05) is 19.0 Å². The second-order valence-corrected chi connectivity index (χ2v) is 8.13. The molecule has 0 bridgehead atoms. The van der Waals surface area contributed by atoms with Crippen LogP contribution in [0.25, 0.3) is 33.3 Å². The van der Waals surface area contributed by atoms with Gasteiger partial charge in [0.15, 0.2) is 0 Å². The number of hydrogen-bond donors (Lipinski definition) is 2. The lowest BCUT2D eigenvalue weighted by Crippen LogP contribution is -2.26. The smallest absolute Gasteiger partial charge is 0.325 e. The number of benzene rings is 3. The van der Waals surface area contributed by atoms with Crippen molar-refractivity contribution in [3.63, 3.8) is 0 Å². The van der Waals surface area contributed by atoms with E-state index in [0.717, 1.165) is 0 Å². The van der Waals surface area contributed by atoms with Crippen LogP contribution in [0.3, 0.4) is 0 Å². The number of carboxylic acids is 1. The van der Waals surface area contributed by atoms with E-state index in [1.54, 1.807) is 31.3 Å². The first-order valence-electron chi connectivity index (χ1n) is 11.4. The Bertz CT molecular complexity index is 1470. The van der Waals surface area contributed by atoms with Crippen LogP contribution in [0.5, 0.6) is 5.75 Å². The maximum absolute atomic E-state index is 15.5. The van der Waals surface area contributed by atoms with E-state index >= 15 is 4.39 Å². The number of aliphatic carboxylic acids is 1. The molecule has 36 heavy (non-hydrogen) atoms. The second-order valence-electron chi connectivity index (χ2n) is 8.13. The van der Waals surface area contributed by atoms with Gasteiger partial charge in [0.25, 0.3) is 0 Å². The Labute approximate surface area is 207 Å². The highest BCUT2D eigenvalue weighted by Crippen LogP contribution is 2.37. The maximum Gasteiger partial charge on any atom is 0.325 e. The molecule has 1 atom stereocenters. The fourth-order valence-corrected chi connectivity index (χ4v) is 4.01. The topological polar surface area (TPSA) is 83.8 Å². The summed E-state index contributed by atoms with van der Waals surface area (Å²) in [6.07, 6.45) is 1.50. The molecule has 1 heterocycles. The van der Waals surface area contributed by atoms with Crippen molar-refractivity contribution in [2.45, 2.75) is 19.9 Å². The Morgan fingerprint density at radius 2 is 1.92 bits per heavy atom. The highest BCUT2D eigenvalue weighted by Gasteiger charge is 2.21. The number of nitrogens with one attached hydrogen (secondary N) is 1. The summed E-state index contributed by atoms with van der Waals surface area (Å²) in [7, 11) is 1.55. The van der Waals surface area contributed by atoms with E-state index < -0.39 is 23.6 Å². The van der Waals surface area contributed by atoms with Gasteiger partial charge in [-0.25, -0.2) is 13.8 Å². The van der Waals surface area contributed by atoms with Gasteiger partial charge in [-0.2, -0.15) is 0 Å². The van der Waals surface area contributed by atoms with Crippen LogP contribution in [-0.4, -0.2) is 42.0 Å². The van der Waals surface area contributed by atoms with Crippen LogP contribution in [0.2, 0.25) is 0 Å². The minimum Gasteiger partial charge on any atom is -0.493 e. The molecule has 2 N–H and O–H groups in total. The molecule has 0 aliphatic heterocycles. The molecule has 0 aliphatic rings. The average Bonchev–Trinajstić information content (AvgIpc) is 2.86. The fourth-order valence-electron chi connectivity index (χ4n) is 4.01. The number of carbonyl (C=O) groups is 1. The lowest BCUT2D eigenvalue weighted by Gasteiger charge is -2.19. The molecular formula is C28H25F2N3O3. The summed E-state index contributed by atoms with van der Waals surface area (Å²) >= 11 is 0. The number of rotatable bonds is 8. The van der Waals surface area contributed by atoms with Gasteiger partial charge in [-0.1, -0.05) is 30.3 Å². The van der Waals surface area contributed by atoms with Crippen LogP contribution in [0.1, 0.15) is 19.4 Å². The van der Waals surface area contributed by atoms with Crippen molar-refractivity contribution in [3.05, 3.63) is 77.9 Å². The van der Waals surface area contributed by atoms with E-state index in [1.165, 1.54) is 37.4 Å². The first kappa shape index (κ1) is 24.8. The van der Waals surface area contributed by atoms with Crippen LogP contribution in [0.4, 0.5) is 14.5 Å². The van der Waals surface area contributed by atoms with E-state index in [2.05, 4.69) is 15.3 Å². The number of anilines is 1. The van der Waals surface area contributed by atoms with Gasteiger partial charge in [-0.15, -0.1) is 0 Å². The Morgan fingerprint density at radius 1 is 1.14 bits per heavy atom. The van der Waals surface area contributed by atoms with Gasteiger partial charge in [-0.05, 0) is 44.2 Å². The summed E-state index contributed by atoms with van der Waals surface area (Å²) in [5.41, 5.74) is 3.02. The zero-order chi connectivity index (χ0) is 25.8. The molecule has 8 heteroatoms. The zero-order valence-electron chi connectivity index (χ0n) is 20.0. The van der Waals surface area contributed by atoms with E-state index in [9.17, 15) is 14.3 Å².